The van der Waals surface area contributed by atoms with E-state index in [1.54, 1.807) is 57.2 Å². The smallest absolute Gasteiger partial charge is 0.291 e. The molecule has 8 heteroatoms. The monoisotopic (exact) mass is 420 g/mol. The number of rotatable bonds is 6. The number of nitrogens with one attached hydrogen (secondary N) is 1. The molecule has 2 aromatic carbocycles. The lowest BCUT2D eigenvalue weighted by molar-refractivity contribution is 0.0998. The average Bonchev–Trinajstić information content (AvgIpc) is 3.00. The fourth-order valence-electron chi connectivity index (χ4n) is 3.03. The lowest BCUT2D eigenvalue weighted by Crippen LogP contribution is -2.30. The van der Waals surface area contributed by atoms with Crippen molar-refractivity contribution in [3.8, 4) is 0 Å². The van der Waals surface area contributed by atoms with Gasteiger partial charge in [-0.2, -0.15) is 4.31 Å². The van der Waals surface area contributed by atoms with Gasteiger partial charge in [-0.3, -0.25) is 4.79 Å². The number of aryl methyl sites for hydroxylation is 1. The Kier molecular flexibility index (Phi) is 5.79. The number of carbonyl (C=O) groups excluding carboxylic acids is 1. The average molecular weight is 421 g/mol. The lowest BCUT2D eigenvalue weighted by Gasteiger charge is -2.18. The number of nitrogens with zero attached hydrogens (tertiary/aromatic N) is 1. The van der Waals surface area contributed by atoms with Crippen LogP contribution >= 0.6 is 11.6 Å². The molecular weight excluding hydrogens is 400 g/mol. The molecule has 28 heavy (non-hydrogen) atoms. The molecule has 6 nitrogen and oxygen atoms in total. The van der Waals surface area contributed by atoms with Gasteiger partial charge in [-0.25, -0.2) is 8.42 Å². The van der Waals surface area contributed by atoms with E-state index in [2.05, 4.69) is 5.32 Å². The van der Waals surface area contributed by atoms with E-state index in [0.29, 0.717) is 40.3 Å². The summed E-state index contributed by atoms with van der Waals surface area (Å²) >= 11 is 6.09. The molecule has 0 spiro atoms. The van der Waals surface area contributed by atoms with Gasteiger partial charge in [-0.05, 0) is 37.3 Å². The molecular formula is C20H21ClN2O4S. The Hall–Kier alpha value is -2.35. The van der Waals surface area contributed by atoms with Crippen LogP contribution < -0.4 is 5.32 Å². The van der Waals surface area contributed by atoms with Gasteiger partial charge in [0.25, 0.3) is 5.91 Å². The minimum atomic E-state index is -3.60. The summed E-state index contributed by atoms with van der Waals surface area (Å²) in [6.45, 7) is 6.07. The summed E-state index contributed by atoms with van der Waals surface area (Å²) in [5.74, 6) is -0.331. The van der Waals surface area contributed by atoms with Crippen molar-refractivity contribution in [3.05, 3.63) is 58.8 Å². The Morgan fingerprint density at radius 3 is 2.46 bits per heavy atom. The van der Waals surface area contributed by atoms with E-state index in [1.165, 1.54) is 10.4 Å². The fraction of sp³-hybridized carbons (Fsp3) is 0.250. The predicted molar refractivity (Wildman–Crippen MR) is 110 cm³/mol. The second kappa shape index (κ2) is 7.95. The molecule has 0 fully saturated rings. The summed E-state index contributed by atoms with van der Waals surface area (Å²) < 4.78 is 32.6. The van der Waals surface area contributed by atoms with Crippen LogP contribution in [0, 0.1) is 6.92 Å². The largest absolute Gasteiger partial charge is 0.451 e. The molecule has 0 aliphatic heterocycles. The van der Waals surface area contributed by atoms with Crippen LogP contribution in [0.1, 0.15) is 30.0 Å². The Morgan fingerprint density at radius 2 is 1.82 bits per heavy atom. The molecule has 1 amide bonds. The molecule has 1 N–H and O–H groups in total. The SMILES string of the molecule is CCN(CC)S(=O)(=O)c1ccc2oc(C(=O)Nc3ccccc3Cl)c(C)c2c1. The van der Waals surface area contributed by atoms with Gasteiger partial charge < -0.3 is 9.73 Å². The van der Waals surface area contributed by atoms with Gasteiger partial charge in [0, 0.05) is 24.0 Å². The Morgan fingerprint density at radius 1 is 1.14 bits per heavy atom. The fourth-order valence-corrected chi connectivity index (χ4v) is 4.70. The summed E-state index contributed by atoms with van der Waals surface area (Å²) in [5.41, 5.74) is 1.48. The zero-order chi connectivity index (χ0) is 20.5. The second-order valence-electron chi connectivity index (χ2n) is 6.24. The van der Waals surface area contributed by atoms with Gasteiger partial charge in [-0.15, -0.1) is 0 Å². The van der Waals surface area contributed by atoms with Gasteiger partial charge in [0.05, 0.1) is 15.6 Å². The highest BCUT2D eigenvalue weighted by molar-refractivity contribution is 7.89. The van der Waals surface area contributed by atoms with E-state index in [4.69, 9.17) is 16.0 Å². The maximum atomic E-state index is 12.8. The van der Waals surface area contributed by atoms with E-state index in [-0.39, 0.29) is 10.7 Å². The summed E-state index contributed by atoms with van der Waals surface area (Å²) in [6, 6.07) is 11.5. The van der Waals surface area contributed by atoms with E-state index in [0.717, 1.165) is 0 Å². The van der Waals surface area contributed by atoms with Crippen molar-refractivity contribution < 1.29 is 17.6 Å². The van der Waals surface area contributed by atoms with Crippen LogP contribution in [0.4, 0.5) is 5.69 Å². The van der Waals surface area contributed by atoms with Crippen molar-refractivity contribution in [2.75, 3.05) is 18.4 Å². The summed E-state index contributed by atoms with van der Waals surface area (Å²) in [6.07, 6.45) is 0. The molecule has 0 atom stereocenters. The zero-order valence-electron chi connectivity index (χ0n) is 15.8. The van der Waals surface area contributed by atoms with E-state index in [1.807, 2.05) is 0 Å². The molecule has 3 aromatic rings. The number of carbonyl (C=O) groups is 1. The van der Waals surface area contributed by atoms with E-state index >= 15 is 0 Å². The third kappa shape index (κ3) is 3.65. The van der Waals surface area contributed by atoms with Crippen molar-refractivity contribution in [3.63, 3.8) is 0 Å². The number of hydrogen-bond acceptors (Lipinski definition) is 4. The topological polar surface area (TPSA) is 79.6 Å². The third-order valence-electron chi connectivity index (χ3n) is 4.58. The van der Waals surface area contributed by atoms with Crippen molar-refractivity contribution in [1.29, 1.82) is 0 Å². The van der Waals surface area contributed by atoms with Crippen LogP contribution in [0.2, 0.25) is 5.02 Å². The van der Waals surface area contributed by atoms with Crippen LogP contribution in [0.25, 0.3) is 11.0 Å². The van der Waals surface area contributed by atoms with Crippen molar-refractivity contribution in [2.24, 2.45) is 0 Å². The van der Waals surface area contributed by atoms with Crippen LogP contribution in [-0.2, 0) is 10.0 Å². The first-order valence-electron chi connectivity index (χ1n) is 8.88. The molecule has 0 aliphatic rings. The highest BCUT2D eigenvalue weighted by atomic mass is 35.5. The molecule has 148 valence electrons. The minimum absolute atomic E-state index is 0.118. The van der Waals surface area contributed by atoms with Gasteiger partial charge in [0.15, 0.2) is 5.76 Å². The second-order valence-corrected chi connectivity index (χ2v) is 8.58. The molecule has 0 saturated carbocycles. The van der Waals surface area contributed by atoms with Crippen LogP contribution in [0.5, 0.6) is 0 Å². The number of fused-ring (bicyclic) bond motifs is 1. The number of amides is 1. The molecule has 1 heterocycles. The van der Waals surface area contributed by atoms with Gasteiger partial charge in [-0.1, -0.05) is 37.6 Å². The highest BCUT2D eigenvalue weighted by Gasteiger charge is 2.24. The maximum absolute atomic E-state index is 12.8. The molecule has 0 unspecified atom stereocenters. The van der Waals surface area contributed by atoms with E-state index < -0.39 is 15.9 Å². The number of sulfonamides is 1. The Labute approximate surface area is 169 Å². The lowest BCUT2D eigenvalue weighted by atomic mass is 10.1. The highest BCUT2D eigenvalue weighted by Crippen LogP contribution is 2.30. The molecule has 0 radical (unpaired) electrons. The molecule has 1 aromatic heterocycles. The first-order valence-corrected chi connectivity index (χ1v) is 10.7. The number of hydrogen-bond donors (Lipinski definition) is 1. The molecule has 3 rings (SSSR count). The zero-order valence-corrected chi connectivity index (χ0v) is 17.4. The van der Waals surface area contributed by atoms with Crippen LogP contribution in [0.15, 0.2) is 51.8 Å². The summed E-state index contributed by atoms with van der Waals surface area (Å²) in [5, 5.41) is 3.71. The first kappa shape index (κ1) is 20.4. The first-order chi connectivity index (χ1) is 13.3. The molecule has 0 saturated heterocycles. The molecule has 0 aliphatic carbocycles. The summed E-state index contributed by atoms with van der Waals surface area (Å²) in [7, 11) is -3.60. The number of anilines is 1. The minimum Gasteiger partial charge on any atom is -0.451 e. The Bertz CT molecular complexity index is 1130. The quantitative estimate of drug-likeness (QED) is 0.628. The van der Waals surface area contributed by atoms with Crippen molar-refractivity contribution in [2.45, 2.75) is 25.7 Å². The van der Waals surface area contributed by atoms with Crippen LogP contribution in [0.3, 0.4) is 0 Å². The maximum Gasteiger partial charge on any atom is 0.291 e. The normalized spacial score (nSPS) is 11.9. The predicted octanol–water partition coefficient (Wildman–Crippen LogP) is 4.68. The van der Waals surface area contributed by atoms with Gasteiger partial charge >= 0.3 is 0 Å². The molecule has 0 bridgehead atoms. The summed E-state index contributed by atoms with van der Waals surface area (Å²) in [4.78, 5) is 12.8. The number of furan rings is 1. The van der Waals surface area contributed by atoms with Gasteiger partial charge in [0.1, 0.15) is 5.58 Å². The van der Waals surface area contributed by atoms with Crippen LogP contribution in [-0.4, -0.2) is 31.7 Å². The van der Waals surface area contributed by atoms with Crippen molar-refractivity contribution in [1.82, 2.24) is 4.31 Å². The Balaban J connectivity index is 2.00. The van der Waals surface area contributed by atoms with E-state index in [9.17, 15) is 13.2 Å². The number of halogens is 1. The third-order valence-corrected chi connectivity index (χ3v) is 6.95. The van der Waals surface area contributed by atoms with Crippen molar-refractivity contribution >= 4 is 44.2 Å². The van der Waals surface area contributed by atoms with Gasteiger partial charge in [0.2, 0.25) is 10.0 Å². The number of para-hydroxylation sites is 1. The standard InChI is InChI=1S/C20H21ClN2O4S/c1-4-23(5-2)28(25,26)14-10-11-18-15(12-14)13(3)19(27-18)20(24)22-17-9-7-6-8-16(17)21/h6-12H,4-5H2,1-3H3,(H,22,24). The number of benzene rings is 2.